The highest BCUT2D eigenvalue weighted by atomic mass is 32.2. The number of nitrogens with zero attached hydrogens (tertiary/aromatic N) is 2. The number of nitrogens with two attached hydrogens (primary N) is 1. The third-order valence-electron chi connectivity index (χ3n) is 7.21. The van der Waals surface area contributed by atoms with E-state index < -0.39 is 32.4 Å². The normalized spacial score (nSPS) is 27.6. The molecule has 9 heteroatoms. The quantitative estimate of drug-likeness (QED) is 0.626. The third-order valence-corrected chi connectivity index (χ3v) is 9.58. The maximum Gasteiger partial charge on any atom is 0.228 e. The monoisotopic (exact) mass is 503 g/mol. The topological polar surface area (TPSA) is 104 Å². The van der Waals surface area contributed by atoms with Crippen LogP contribution in [0.15, 0.2) is 48.5 Å². The van der Waals surface area contributed by atoms with Crippen LogP contribution in [0.25, 0.3) is 0 Å². The van der Waals surface area contributed by atoms with E-state index in [1.807, 2.05) is 37.3 Å². The van der Waals surface area contributed by atoms with Crippen LogP contribution < -0.4 is 5.73 Å². The van der Waals surface area contributed by atoms with Crippen molar-refractivity contribution < 1.29 is 22.0 Å². The van der Waals surface area contributed by atoms with Gasteiger partial charge in [-0.25, -0.2) is 12.8 Å². The van der Waals surface area contributed by atoms with Crippen molar-refractivity contribution in [3.63, 3.8) is 0 Å². The highest BCUT2D eigenvalue weighted by Gasteiger charge is 2.51. The molecule has 1 saturated carbocycles. The summed E-state index contributed by atoms with van der Waals surface area (Å²) in [5.74, 6) is -1.14. The number of amides is 1. The fraction of sp³-hybridized carbons (Fsp3) is 0.462. The summed E-state index contributed by atoms with van der Waals surface area (Å²) >= 11 is 0. The molecule has 188 valence electrons. The number of carbonyl (C=O) groups excluding carboxylic acids is 1. The van der Waals surface area contributed by atoms with Crippen LogP contribution in [0.2, 0.25) is 0 Å². The molecule has 4 rings (SSSR count). The van der Waals surface area contributed by atoms with E-state index in [2.05, 4.69) is 6.07 Å². The Morgan fingerprint density at radius 2 is 1.83 bits per heavy atom. The highest BCUT2D eigenvalue weighted by Crippen LogP contribution is 2.50. The summed E-state index contributed by atoms with van der Waals surface area (Å²) < 4.78 is 53.0. The fourth-order valence-electron chi connectivity index (χ4n) is 5.33. The smallest absolute Gasteiger partial charge is 0.228 e. The number of carbonyl (C=O) groups is 1. The number of halogens is 2. The summed E-state index contributed by atoms with van der Waals surface area (Å²) in [5, 5.41) is 8.27. The molecular formula is C26H31F2N3O3S. The molecule has 1 aliphatic heterocycles. The summed E-state index contributed by atoms with van der Waals surface area (Å²) in [5.41, 5.74) is 6.03. The van der Waals surface area contributed by atoms with Gasteiger partial charge in [0.2, 0.25) is 15.9 Å². The molecule has 0 aromatic heterocycles. The first-order valence-corrected chi connectivity index (χ1v) is 13.1. The highest BCUT2D eigenvalue weighted by molar-refractivity contribution is 7.89. The lowest BCUT2D eigenvalue weighted by Gasteiger charge is -2.45. The van der Waals surface area contributed by atoms with E-state index in [0.717, 1.165) is 5.56 Å². The molecule has 0 unspecified atom stereocenters. The van der Waals surface area contributed by atoms with Gasteiger partial charge in [0, 0.05) is 24.6 Å². The van der Waals surface area contributed by atoms with Gasteiger partial charge in [0.05, 0.1) is 18.7 Å². The second-order valence-corrected chi connectivity index (χ2v) is 11.4. The van der Waals surface area contributed by atoms with Crippen molar-refractivity contribution in [2.24, 2.45) is 11.7 Å². The summed E-state index contributed by atoms with van der Waals surface area (Å²) in [7, 11) is -3.13. The Balaban J connectivity index is 0.00000167. The Labute approximate surface area is 205 Å². The second-order valence-electron chi connectivity index (χ2n) is 9.31. The summed E-state index contributed by atoms with van der Waals surface area (Å²) in [6.45, 7) is 1.93. The van der Waals surface area contributed by atoms with E-state index in [0.29, 0.717) is 44.8 Å². The predicted octanol–water partition coefficient (Wildman–Crippen LogP) is 4.51. The van der Waals surface area contributed by atoms with Crippen molar-refractivity contribution in [1.29, 1.82) is 5.26 Å². The lowest BCUT2D eigenvalue weighted by molar-refractivity contribution is -0.128. The third kappa shape index (κ3) is 5.09. The Bertz CT molecular complexity index is 1190. The van der Waals surface area contributed by atoms with Crippen LogP contribution in [0.3, 0.4) is 0 Å². The molecule has 1 heterocycles. The number of nitriles is 1. The summed E-state index contributed by atoms with van der Waals surface area (Å²) in [4.78, 5) is 12.2. The summed E-state index contributed by atoms with van der Waals surface area (Å²) in [6, 6.07) is 15.6. The molecule has 0 bridgehead atoms. The molecule has 0 radical (unpaired) electrons. The molecule has 6 nitrogen and oxygen atoms in total. The first-order valence-electron chi connectivity index (χ1n) is 11.6. The zero-order valence-electron chi connectivity index (χ0n) is 20.0. The van der Waals surface area contributed by atoms with Gasteiger partial charge in [0.1, 0.15) is 11.1 Å². The van der Waals surface area contributed by atoms with Crippen LogP contribution in [0.5, 0.6) is 0 Å². The van der Waals surface area contributed by atoms with Crippen molar-refractivity contribution >= 4 is 15.9 Å². The van der Waals surface area contributed by atoms with Gasteiger partial charge >= 0.3 is 0 Å². The average molecular weight is 504 g/mol. The fourth-order valence-corrected chi connectivity index (χ4v) is 7.53. The maximum atomic E-state index is 15.2. The zero-order chi connectivity index (χ0) is 25.8. The number of alkyl halides is 1. The number of benzene rings is 2. The first kappa shape index (κ1) is 26.8. The molecule has 2 aromatic rings. The molecule has 2 aliphatic rings. The van der Waals surface area contributed by atoms with E-state index in [9.17, 15) is 17.6 Å². The lowest BCUT2D eigenvalue weighted by atomic mass is 9.57. The lowest BCUT2D eigenvalue weighted by Crippen LogP contribution is -2.51. The Hall–Kier alpha value is -2.83. The van der Waals surface area contributed by atoms with E-state index in [1.54, 1.807) is 12.1 Å². The number of sulfonamides is 1. The Morgan fingerprint density at radius 3 is 2.40 bits per heavy atom. The van der Waals surface area contributed by atoms with Crippen molar-refractivity contribution in [1.82, 2.24) is 4.31 Å². The van der Waals surface area contributed by atoms with Crippen LogP contribution in [0.1, 0.15) is 61.0 Å². The molecule has 1 amide bonds. The molecule has 0 spiro atoms. The van der Waals surface area contributed by atoms with Gasteiger partial charge in [-0.3, -0.25) is 9.18 Å². The van der Waals surface area contributed by atoms with Crippen molar-refractivity contribution in [3.8, 4) is 6.07 Å². The van der Waals surface area contributed by atoms with Crippen LogP contribution in [-0.2, 0) is 26.8 Å². The van der Waals surface area contributed by atoms with E-state index >= 15 is 4.39 Å². The van der Waals surface area contributed by atoms with Crippen molar-refractivity contribution in [3.05, 3.63) is 71.0 Å². The van der Waals surface area contributed by atoms with Gasteiger partial charge < -0.3 is 5.73 Å². The first-order chi connectivity index (χ1) is 16.7. The molecular weight excluding hydrogens is 472 g/mol. The second kappa shape index (κ2) is 10.8. The predicted molar refractivity (Wildman–Crippen MR) is 130 cm³/mol. The minimum Gasteiger partial charge on any atom is -0.369 e. The minimum absolute atomic E-state index is 0.0239. The van der Waals surface area contributed by atoms with Gasteiger partial charge in [-0.1, -0.05) is 42.5 Å². The maximum absolute atomic E-state index is 15.2. The molecule has 1 saturated heterocycles. The van der Waals surface area contributed by atoms with Gasteiger partial charge in [-0.15, -0.1) is 0 Å². The zero-order valence-corrected chi connectivity index (χ0v) is 20.8. The molecule has 35 heavy (non-hydrogen) atoms. The molecule has 2 atom stereocenters. The van der Waals surface area contributed by atoms with Gasteiger partial charge in [-0.2, -0.15) is 9.57 Å². The van der Waals surface area contributed by atoms with Gasteiger partial charge in [0.15, 0.2) is 0 Å². The largest absolute Gasteiger partial charge is 0.369 e. The number of rotatable bonds is 6. The SMILES string of the molecule is CF.C[C@H]1CC[C@H](c2ccccc2)S(=O)(=O)N1Cc1ccc(C2(C(N)=O)CC(CC#N)C2)c(F)c1. The molecule has 1 aliphatic carbocycles. The molecule has 2 N–H and O–H groups in total. The van der Waals surface area contributed by atoms with Crippen LogP contribution in [-0.4, -0.2) is 31.8 Å². The van der Waals surface area contributed by atoms with Crippen LogP contribution in [0.4, 0.5) is 8.78 Å². The molecule has 2 aromatic carbocycles. The van der Waals surface area contributed by atoms with Crippen LogP contribution in [0, 0.1) is 23.1 Å². The van der Waals surface area contributed by atoms with E-state index in [4.69, 9.17) is 11.0 Å². The Kier molecular flexibility index (Phi) is 8.29. The van der Waals surface area contributed by atoms with Gasteiger partial charge in [0.25, 0.3) is 0 Å². The minimum atomic E-state index is -3.63. The van der Waals surface area contributed by atoms with Crippen molar-refractivity contribution in [2.45, 2.75) is 62.3 Å². The van der Waals surface area contributed by atoms with E-state index in [-0.39, 0.29) is 24.1 Å². The molecule has 2 fully saturated rings. The summed E-state index contributed by atoms with van der Waals surface area (Å²) in [6.07, 6.45) is 2.26. The number of primary amides is 1. The van der Waals surface area contributed by atoms with Gasteiger partial charge in [-0.05, 0) is 55.7 Å². The average Bonchev–Trinajstić information content (AvgIpc) is 2.81. The van der Waals surface area contributed by atoms with E-state index in [1.165, 1.54) is 10.4 Å². The van der Waals surface area contributed by atoms with Crippen LogP contribution >= 0.6 is 0 Å². The number of hydrogen-bond acceptors (Lipinski definition) is 4. The Morgan fingerprint density at radius 1 is 1.17 bits per heavy atom. The standard InChI is InChI=1S/C25H28FN3O3S.CH3F/c1-17-7-10-23(20-5-3-2-4-6-20)33(31,32)29(17)16-18-8-9-21(22(26)13-18)25(24(28)30)14-19(15-25)11-12-27;1-2/h2-6,8-9,13,17,19,23H,7,10-11,14-16H2,1H3,(H2,28,30);1H3/t17-,19?,23+,25?;/m0./s1. The van der Waals surface area contributed by atoms with Crippen molar-refractivity contribution in [2.75, 3.05) is 7.18 Å². The number of hydrogen-bond donors (Lipinski definition) is 1.